The SMILES string of the molecule is Cn1n[n+](CCCCCC(=O)NCc2ccc(C(C)(C)C)cc2)cc1CCCCCCCCCNC(=O)c1ccc2c(c1)OCCOCCOCCOc1ccccc1OCCOCCOCCO2. The zero-order valence-corrected chi connectivity index (χ0v) is 41.9. The minimum Gasteiger partial charge on any atom is -0.487 e. The third kappa shape index (κ3) is 22.0. The molecule has 1 aliphatic rings. The standard InChI is InChI=1S/C54H79N5O10/c1-54(2,3)46-24-21-44(22-25-46)42-56-52(60)20-12-10-16-28-59-43-47(58(4)57-59)17-11-8-6-5-7-9-15-27-55-53(61)45-23-26-50-51(41-45)69-40-36-65-32-31-63-34-38-67-49-19-14-13-18-48(49)66-37-33-62-29-30-64-35-39-68-50/h13-14,18-19,21-26,41,43H,5-12,15-17,20,27-40,42H2,1-4H3,(H-,55,56,60,61)/p+1. The van der Waals surface area contributed by atoms with Crippen molar-refractivity contribution in [3.05, 3.63) is 95.3 Å². The Morgan fingerprint density at radius 1 is 0.594 bits per heavy atom. The first kappa shape index (κ1) is 54.7. The van der Waals surface area contributed by atoms with E-state index in [1.807, 2.05) is 40.7 Å². The van der Waals surface area contributed by atoms with Gasteiger partial charge >= 0.3 is 0 Å². The van der Waals surface area contributed by atoms with Crippen molar-refractivity contribution in [2.45, 2.75) is 116 Å². The summed E-state index contributed by atoms with van der Waals surface area (Å²) in [6, 6.07) is 21.3. The number of aryl methyl sites for hydroxylation is 3. The quantitative estimate of drug-likeness (QED) is 0.0697. The van der Waals surface area contributed by atoms with Crippen molar-refractivity contribution in [1.82, 2.24) is 20.5 Å². The molecule has 1 aliphatic heterocycles. The van der Waals surface area contributed by atoms with Gasteiger partial charge in [-0.2, -0.15) is 0 Å². The van der Waals surface area contributed by atoms with E-state index in [0.29, 0.717) is 121 Å². The van der Waals surface area contributed by atoms with E-state index >= 15 is 0 Å². The largest absolute Gasteiger partial charge is 0.487 e. The second-order valence-corrected chi connectivity index (χ2v) is 18.4. The first-order valence-corrected chi connectivity index (χ1v) is 25.3. The molecule has 1 aromatic heterocycles. The van der Waals surface area contributed by atoms with Gasteiger partial charge < -0.3 is 48.5 Å². The van der Waals surface area contributed by atoms with Crippen LogP contribution in [-0.4, -0.2) is 108 Å². The molecule has 0 fully saturated rings. The number of carbonyl (C=O) groups is 2. The molecule has 2 amide bonds. The normalized spacial score (nSPS) is 14.9. The molecular weight excluding hydrogens is 879 g/mol. The van der Waals surface area contributed by atoms with Crippen molar-refractivity contribution in [3.63, 3.8) is 0 Å². The molecule has 0 radical (unpaired) electrons. The highest BCUT2D eigenvalue weighted by molar-refractivity contribution is 5.94. The number of hydrogen-bond acceptors (Lipinski definition) is 11. The van der Waals surface area contributed by atoms with E-state index in [1.165, 1.54) is 30.5 Å². The fourth-order valence-electron chi connectivity index (χ4n) is 7.67. The maximum atomic E-state index is 13.1. The van der Waals surface area contributed by atoms with Crippen LogP contribution in [0.2, 0.25) is 0 Å². The van der Waals surface area contributed by atoms with E-state index in [0.717, 1.165) is 63.5 Å². The topological polar surface area (TPSA) is 154 Å². The van der Waals surface area contributed by atoms with E-state index < -0.39 is 0 Å². The molecule has 2 N–H and O–H groups in total. The number of carbonyl (C=O) groups excluding carboxylic acids is 2. The van der Waals surface area contributed by atoms with Crippen molar-refractivity contribution in [3.8, 4) is 23.0 Å². The second kappa shape index (κ2) is 31.8. The molecule has 0 atom stereocenters. The van der Waals surface area contributed by atoms with Crippen LogP contribution in [0.15, 0.2) is 72.9 Å². The number of nitrogens with zero attached hydrogens (tertiary/aromatic N) is 3. The lowest BCUT2D eigenvalue weighted by molar-refractivity contribution is -0.755. The fraction of sp³-hybridized carbons (Fsp3) is 0.593. The molecule has 2 heterocycles. The molecule has 0 saturated carbocycles. The van der Waals surface area contributed by atoms with E-state index in [9.17, 15) is 9.59 Å². The molecule has 0 unspecified atom stereocenters. The van der Waals surface area contributed by atoms with Gasteiger partial charge in [0.1, 0.15) is 40.0 Å². The van der Waals surface area contributed by atoms with Gasteiger partial charge in [0.2, 0.25) is 5.91 Å². The lowest BCUT2D eigenvalue weighted by Crippen LogP contribution is -2.36. The zero-order chi connectivity index (χ0) is 48.8. The predicted octanol–water partition coefficient (Wildman–Crippen LogP) is 7.88. The molecule has 380 valence electrons. The van der Waals surface area contributed by atoms with Gasteiger partial charge in [0.15, 0.2) is 34.9 Å². The summed E-state index contributed by atoms with van der Waals surface area (Å²) in [6.07, 6.45) is 14.4. The Kier molecular flexibility index (Phi) is 25.2. The monoisotopic (exact) mass is 959 g/mol. The number of para-hydroxylation sites is 2. The van der Waals surface area contributed by atoms with Gasteiger partial charge in [0, 0.05) is 31.5 Å². The minimum absolute atomic E-state index is 0.109. The highest BCUT2D eigenvalue weighted by atomic mass is 16.6. The average Bonchev–Trinajstić information content (AvgIpc) is 3.70. The minimum atomic E-state index is -0.147. The Morgan fingerprint density at radius 2 is 1.12 bits per heavy atom. The zero-order valence-electron chi connectivity index (χ0n) is 41.9. The van der Waals surface area contributed by atoms with E-state index in [2.05, 4.69) is 67.1 Å². The van der Waals surface area contributed by atoms with Crippen molar-refractivity contribution in [1.29, 1.82) is 0 Å². The summed E-state index contributed by atoms with van der Waals surface area (Å²) in [5.41, 5.74) is 4.31. The van der Waals surface area contributed by atoms with Gasteiger partial charge in [-0.15, -0.1) is 9.36 Å². The predicted molar refractivity (Wildman–Crippen MR) is 265 cm³/mol. The van der Waals surface area contributed by atoms with Gasteiger partial charge in [-0.25, -0.2) is 0 Å². The van der Waals surface area contributed by atoms with Crippen LogP contribution < -0.4 is 34.3 Å². The lowest BCUT2D eigenvalue weighted by atomic mass is 9.87. The number of unbranched alkanes of at least 4 members (excludes halogenated alkanes) is 8. The summed E-state index contributed by atoms with van der Waals surface area (Å²) < 4.78 is 50.5. The van der Waals surface area contributed by atoms with Crippen LogP contribution in [0.25, 0.3) is 0 Å². The number of ether oxygens (including phenoxy) is 8. The highest BCUT2D eigenvalue weighted by Crippen LogP contribution is 2.29. The van der Waals surface area contributed by atoms with E-state index in [4.69, 9.17) is 37.9 Å². The van der Waals surface area contributed by atoms with E-state index in [1.54, 1.807) is 18.2 Å². The number of amides is 2. The number of aromatic nitrogens is 3. The van der Waals surface area contributed by atoms with Gasteiger partial charge in [-0.3, -0.25) is 9.59 Å². The maximum Gasteiger partial charge on any atom is 0.251 e. The number of fused-ring (bicyclic) bond motifs is 2. The summed E-state index contributed by atoms with van der Waals surface area (Å²) in [6.45, 7) is 13.2. The molecule has 15 nitrogen and oxygen atoms in total. The smallest absolute Gasteiger partial charge is 0.251 e. The maximum absolute atomic E-state index is 13.1. The third-order valence-electron chi connectivity index (χ3n) is 11.7. The molecule has 0 saturated heterocycles. The number of hydrogen-bond donors (Lipinski definition) is 2. The van der Waals surface area contributed by atoms with Crippen LogP contribution in [0.1, 0.15) is 119 Å². The Balaban J connectivity index is 0.898. The fourth-order valence-corrected chi connectivity index (χ4v) is 7.67. The summed E-state index contributed by atoms with van der Waals surface area (Å²) in [5.74, 6) is 2.28. The van der Waals surface area contributed by atoms with E-state index in [-0.39, 0.29) is 23.8 Å². The molecule has 5 rings (SSSR count). The Labute approximate surface area is 410 Å². The van der Waals surface area contributed by atoms with Gasteiger partial charge in [-0.1, -0.05) is 89.3 Å². The number of rotatable bonds is 19. The first-order chi connectivity index (χ1) is 33.7. The number of nitrogens with one attached hydrogen (secondary N) is 2. The third-order valence-corrected chi connectivity index (χ3v) is 11.7. The molecule has 69 heavy (non-hydrogen) atoms. The van der Waals surface area contributed by atoms with Crippen molar-refractivity contribution >= 4 is 11.8 Å². The van der Waals surface area contributed by atoms with Crippen molar-refractivity contribution < 1.29 is 52.2 Å². The van der Waals surface area contributed by atoms with Gasteiger partial charge in [0.05, 0.1) is 58.1 Å². The van der Waals surface area contributed by atoms with Crippen molar-refractivity contribution in [2.24, 2.45) is 7.05 Å². The summed E-state index contributed by atoms with van der Waals surface area (Å²) in [5, 5.41) is 10.8. The molecule has 15 heteroatoms. The molecule has 4 aromatic rings. The Hall–Kier alpha value is -5.22. The number of benzene rings is 3. The van der Waals surface area contributed by atoms with Crippen LogP contribution in [0.4, 0.5) is 0 Å². The lowest BCUT2D eigenvalue weighted by Gasteiger charge is -2.19. The van der Waals surface area contributed by atoms with Crippen LogP contribution in [0, 0.1) is 0 Å². The van der Waals surface area contributed by atoms with Crippen molar-refractivity contribution in [2.75, 3.05) is 85.8 Å². The van der Waals surface area contributed by atoms with Crippen LogP contribution >= 0.6 is 0 Å². The molecule has 0 bridgehead atoms. The Morgan fingerprint density at radius 3 is 1.71 bits per heavy atom. The van der Waals surface area contributed by atoms with Crippen LogP contribution in [0.5, 0.6) is 23.0 Å². The van der Waals surface area contributed by atoms with Gasteiger partial charge in [-0.05, 0) is 79.0 Å². The summed E-state index contributed by atoms with van der Waals surface area (Å²) >= 11 is 0. The van der Waals surface area contributed by atoms with Gasteiger partial charge in [0.25, 0.3) is 5.91 Å². The summed E-state index contributed by atoms with van der Waals surface area (Å²) in [4.78, 5) is 25.5. The average molecular weight is 959 g/mol. The molecule has 0 aliphatic carbocycles. The van der Waals surface area contributed by atoms with Crippen LogP contribution in [0.3, 0.4) is 0 Å². The Bertz CT molecular complexity index is 2050. The summed E-state index contributed by atoms with van der Waals surface area (Å²) in [7, 11) is 2.02. The van der Waals surface area contributed by atoms with Crippen LogP contribution in [-0.2, 0) is 55.7 Å². The molecule has 0 spiro atoms. The first-order valence-electron chi connectivity index (χ1n) is 25.3. The highest BCUT2D eigenvalue weighted by Gasteiger charge is 2.16. The molecular formula is C54H80N5O10+. The molecule has 3 aromatic carbocycles. The second-order valence-electron chi connectivity index (χ2n) is 18.4.